The Morgan fingerprint density at radius 3 is 2.78 bits per heavy atom. The fourth-order valence-corrected chi connectivity index (χ4v) is 1.90. The zero-order chi connectivity index (χ0) is 13.5. The molecule has 4 nitrogen and oxygen atoms in total. The summed E-state index contributed by atoms with van der Waals surface area (Å²) in [4.78, 5) is 13.2. The van der Waals surface area contributed by atoms with E-state index in [4.69, 9.17) is 17.3 Å². The van der Waals surface area contributed by atoms with E-state index < -0.39 is 0 Å². The van der Waals surface area contributed by atoms with E-state index in [0.717, 1.165) is 22.7 Å². The van der Waals surface area contributed by atoms with Crippen molar-refractivity contribution in [3.05, 3.63) is 34.3 Å². The van der Waals surface area contributed by atoms with E-state index in [2.05, 4.69) is 10.2 Å². The van der Waals surface area contributed by atoms with Crippen molar-refractivity contribution in [1.82, 2.24) is 10.2 Å². The number of nitrogens with zero attached hydrogens (tertiary/aromatic N) is 1. The van der Waals surface area contributed by atoms with Gasteiger partial charge in [-0.15, -0.1) is 0 Å². The lowest BCUT2D eigenvalue weighted by Crippen LogP contribution is -2.26. The summed E-state index contributed by atoms with van der Waals surface area (Å²) in [5, 5.41) is 3.33. The van der Waals surface area contributed by atoms with Crippen LogP contribution in [0.2, 0.25) is 5.02 Å². The Kier molecular flexibility index (Phi) is 6.12. The summed E-state index contributed by atoms with van der Waals surface area (Å²) < 4.78 is 0. The molecule has 0 radical (unpaired) electrons. The minimum atomic E-state index is 0.0476. The minimum Gasteiger partial charge on any atom is -0.359 e. The molecule has 1 amide bonds. The smallest absolute Gasteiger partial charge is 0.221 e. The summed E-state index contributed by atoms with van der Waals surface area (Å²) in [5.41, 5.74) is 7.63. The first-order valence-corrected chi connectivity index (χ1v) is 6.31. The first-order valence-electron chi connectivity index (χ1n) is 5.93. The average molecular weight is 270 g/mol. The van der Waals surface area contributed by atoms with Crippen molar-refractivity contribution < 1.29 is 4.79 Å². The molecule has 0 spiro atoms. The highest BCUT2D eigenvalue weighted by Gasteiger charge is 2.07. The molecule has 3 N–H and O–H groups in total. The fraction of sp³-hybridized carbons (Fsp3) is 0.462. The Morgan fingerprint density at radius 2 is 2.22 bits per heavy atom. The Balaban J connectivity index is 2.53. The third-order valence-corrected chi connectivity index (χ3v) is 3.14. The van der Waals surface area contributed by atoms with Crippen LogP contribution in [0.3, 0.4) is 0 Å². The van der Waals surface area contributed by atoms with Gasteiger partial charge in [-0.1, -0.05) is 23.7 Å². The van der Waals surface area contributed by atoms with E-state index >= 15 is 0 Å². The summed E-state index contributed by atoms with van der Waals surface area (Å²) in [7, 11) is 3.61. The van der Waals surface area contributed by atoms with Gasteiger partial charge in [0.2, 0.25) is 5.91 Å². The standard InChI is InChI=1S/C13H20ClN3O/c1-16-13(18)5-6-17(2)9-11-4-3-10(8-15)7-12(11)14/h3-4,7H,5-6,8-9,15H2,1-2H3,(H,16,18). The van der Waals surface area contributed by atoms with Crippen LogP contribution >= 0.6 is 11.6 Å². The van der Waals surface area contributed by atoms with Gasteiger partial charge in [-0.3, -0.25) is 4.79 Å². The van der Waals surface area contributed by atoms with Crippen molar-refractivity contribution in [1.29, 1.82) is 0 Å². The van der Waals surface area contributed by atoms with Crippen molar-refractivity contribution in [2.75, 3.05) is 20.6 Å². The highest BCUT2D eigenvalue weighted by Crippen LogP contribution is 2.19. The number of hydrogen-bond acceptors (Lipinski definition) is 3. The van der Waals surface area contributed by atoms with Gasteiger partial charge in [0, 0.05) is 38.1 Å². The molecule has 0 fully saturated rings. The Hall–Kier alpha value is -1.10. The molecule has 0 aromatic heterocycles. The molecule has 0 unspecified atom stereocenters. The number of amides is 1. The number of nitrogens with two attached hydrogens (primary N) is 1. The van der Waals surface area contributed by atoms with Crippen LogP contribution in [0.15, 0.2) is 18.2 Å². The van der Waals surface area contributed by atoms with Gasteiger partial charge in [0.05, 0.1) is 0 Å². The highest BCUT2D eigenvalue weighted by atomic mass is 35.5. The lowest BCUT2D eigenvalue weighted by atomic mass is 10.1. The number of benzene rings is 1. The predicted molar refractivity (Wildman–Crippen MR) is 74.4 cm³/mol. The number of carbonyl (C=O) groups is 1. The molecule has 0 saturated carbocycles. The average Bonchev–Trinajstić information content (AvgIpc) is 2.38. The second kappa shape index (κ2) is 7.36. The molecule has 0 bridgehead atoms. The molecular formula is C13H20ClN3O. The van der Waals surface area contributed by atoms with Gasteiger partial charge >= 0.3 is 0 Å². The second-order valence-corrected chi connectivity index (χ2v) is 4.70. The molecular weight excluding hydrogens is 250 g/mol. The van der Waals surface area contributed by atoms with Crippen molar-refractivity contribution in [2.45, 2.75) is 19.5 Å². The van der Waals surface area contributed by atoms with Gasteiger partial charge in [0.1, 0.15) is 0 Å². The van der Waals surface area contributed by atoms with E-state index in [1.807, 2.05) is 25.2 Å². The summed E-state index contributed by atoms with van der Waals surface area (Å²) in [5.74, 6) is 0.0476. The number of hydrogen-bond donors (Lipinski definition) is 2. The van der Waals surface area contributed by atoms with E-state index in [1.54, 1.807) is 7.05 Å². The van der Waals surface area contributed by atoms with Crippen LogP contribution in [0.1, 0.15) is 17.5 Å². The maximum Gasteiger partial charge on any atom is 0.221 e. The van der Waals surface area contributed by atoms with Gasteiger partial charge in [0.25, 0.3) is 0 Å². The maximum absolute atomic E-state index is 11.1. The van der Waals surface area contributed by atoms with Crippen LogP contribution < -0.4 is 11.1 Å². The number of nitrogens with one attached hydrogen (secondary N) is 1. The minimum absolute atomic E-state index is 0.0476. The Labute approximate surface area is 113 Å². The molecule has 1 aromatic carbocycles. The van der Waals surface area contributed by atoms with Crippen molar-refractivity contribution in [3.63, 3.8) is 0 Å². The van der Waals surface area contributed by atoms with Crippen LogP contribution in [0.4, 0.5) is 0 Å². The van der Waals surface area contributed by atoms with Gasteiger partial charge in [-0.05, 0) is 24.2 Å². The second-order valence-electron chi connectivity index (χ2n) is 4.29. The summed E-state index contributed by atoms with van der Waals surface area (Å²) in [6.45, 7) is 1.92. The first-order chi connectivity index (χ1) is 8.56. The van der Waals surface area contributed by atoms with Crippen molar-refractivity contribution >= 4 is 17.5 Å². The van der Waals surface area contributed by atoms with Crippen LogP contribution in [0.5, 0.6) is 0 Å². The molecule has 0 atom stereocenters. The van der Waals surface area contributed by atoms with Crippen molar-refractivity contribution in [2.24, 2.45) is 5.73 Å². The molecule has 0 aliphatic carbocycles. The molecule has 18 heavy (non-hydrogen) atoms. The van der Waals surface area contributed by atoms with Crippen LogP contribution in [0, 0.1) is 0 Å². The van der Waals surface area contributed by atoms with E-state index in [9.17, 15) is 4.79 Å². The summed E-state index contributed by atoms with van der Waals surface area (Å²) >= 11 is 6.18. The number of carbonyl (C=O) groups excluding carboxylic acids is 1. The largest absolute Gasteiger partial charge is 0.359 e. The molecule has 1 aromatic rings. The number of halogens is 1. The molecule has 0 heterocycles. The quantitative estimate of drug-likeness (QED) is 0.820. The van der Waals surface area contributed by atoms with Gasteiger partial charge in [0.15, 0.2) is 0 Å². The SMILES string of the molecule is CNC(=O)CCN(C)Cc1ccc(CN)cc1Cl. The fourth-order valence-electron chi connectivity index (χ4n) is 1.63. The van der Waals surface area contributed by atoms with E-state index in [1.165, 1.54) is 0 Å². The van der Waals surface area contributed by atoms with Gasteiger partial charge in [-0.2, -0.15) is 0 Å². The predicted octanol–water partition coefficient (Wildman–Crippen LogP) is 1.37. The zero-order valence-electron chi connectivity index (χ0n) is 10.9. The maximum atomic E-state index is 11.1. The van der Waals surface area contributed by atoms with Crippen LogP contribution in [-0.2, 0) is 17.9 Å². The first kappa shape index (κ1) is 15.0. The summed E-state index contributed by atoms with van der Waals surface area (Å²) in [6, 6.07) is 5.86. The molecule has 0 saturated heterocycles. The van der Waals surface area contributed by atoms with E-state index in [0.29, 0.717) is 19.5 Å². The third kappa shape index (κ3) is 4.64. The monoisotopic (exact) mass is 269 g/mol. The van der Waals surface area contributed by atoms with Crippen LogP contribution in [-0.4, -0.2) is 31.4 Å². The van der Waals surface area contributed by atoms with Gasteiger partial charge < -0.3 is 16.0 Å². The summed E-state index contributed by atoms with van der Waals surface area (Å²) in [6.07, 6.45) is 0.492. The van der Waals surface area contributed by atoms with Crippen molar-refractivity contribution in [3.8, 4) is 0 Å². The highest BCUT2D eigenvalue weighted by molar-refractivity contribution is 6.31. The van der Waals surface area contributed by atoms with E-state index in [-0.39, 0.29) is 5.91 Å². The molecule has 5 heteroatoms. The van der Waals surface area contributed by atoms with Gasteiger partial charge in [-0.25, -0.2) is 0 Å². The topological polar surface area (TPSA) is 58.4 Å². The lowest BCUT2D eigenvalue weighted by molar-refractivity contribution is -0.120. The molecule has 100 valence electrons. The molecule has 0 aliphatic heterocycles. The zero-order valence-corrected chi connectivity index (χ0v) is 11.6. The lowest BCUT2D eigenvalue weighted by Gasteiger charge is -2.17. The molecule has 1 rings (SSSR count). The Morgan fingerprint density at radius 1 is 1.50 bits per heavy atom. The Bertz CT molecular complexity index is 409. The molecule has 0 aliphatic rings. The third-order valence-electron chi connectivity index (χ3n) is 2.79. The van der Waals surface area contributed by atoms with Crippen LogP contribution in [0.25, 0.3) is 0 Å². The normalized spacial score (nSPS) is 10.7. The number of rotatable bonds is 6.